The van der Waals surface area contributed by atoms with Crippen LogP contribution in [0.25, 0.3) is 214 Å². The molecule has 0 aliphatic carbocycles. The summed E-state index contributed by atoms with van der Waals surface area (Å²) in [7, 11) is 0. The van der Waals surface area contributed by atoms with Crippen molar-refractivity contribution >= 4 is 163 Å². The van der Waals surface area contributed by atoms with E-state index in [1.165, 1.54) is 97.7 Å². The fraction of sp³-hybridized carbons (Fsp3) is 0. The van der Waals surface area contributed by atoms with Crippen molar-refractivity contribution in [1.29, 1.82) is 0 Å². The van der Waals surface area contributed by atoms with Crippen LogP contribution in [0.4, 0.5) is 0 Å². The largest absolute Gasteiger partial charge is 0.309 e. The first-order chi connectivity index (χ1) is 55.1. The van der Waals surface area contributed by atoms with Gasteiger partial charge in [-0.05, 0) is 99.0 Å². The second-order valence-corrected chi connectivity index (χ2v) is 28.4. The standard InChI is InChI=1S/3C34H21N3/c1-3-15-26-22(11-1)23-12-2-4-16-27(23)34-33(26)35-21-29(36-34)28-17-7-10-20-32(28)37-30-18-8-5-13-24(30)25-14-6-9-19-31(25)37;1-3-16-28-24(12-1)25-13-2-4-17-29(25)34-33(28)35-21-30(36-34)22-10-9-11-23(20-22)37-31-18-7-5-14-26(31)27-15-6-8-19-32(27)37;1-3-13-28-24(9-1)25-10-2-4-14-29(25)34-33(28)35-21-30(36-34)22-17-19-23(20-18-22)37-31-15-7-5-11-26(31)27-12-6-8-16-32(27)37/h3*1-21H. The highest BCUT2D eigenvalue weighted by molar-refractivity contribution is 6.26. The first kappa shape index (κ1) is 63.2. The maximum atomic E-state index is 5.28. The first-order valence-electron chi connectivity index (χ1n) is 37.6. The van der Waals surface area contributed by atoms with Crippen LogP contribution >= 0.6 is 0 Å². The van der Waals surface area contributed by atoms with Gasteiger partial charge in [-0.1, -0.05) is 297 Å². The van der Waals surface area contributed by atoms with Gasteiger partial charge < -0.3 is 13.7 Å². The molecule has 0 bridgehead atoms. The summed E-state index contributed by atoms with van der Waals surface area (Å²) >= 11 is 0. The maximum Gasteiger partial charge on any atom is 0.0979 e. The molecular formula is C102H63N9. The van der Waals surface area contributed by atoms with E-state index >= 15 is 0 Å². The average Bonchev–Trinajstić information content (AvgIpc) is 1.01. The first-order valence-corrected chi connectivity index (χ1v) is 37.6. The molecule has 9 heteroatoms. The number of para-hydroxylation sites is 7. The second-order valence-electron chi connectivity index (χ2n) is 28.4. The van der Waals surface area contributed by atoms with Gasteiger partial charge >= 0.3 is 0 Å². The van der Waals surface area contributed by atoms with Gasteiger partial charge in [-0.25, -0.2) is 15.0 Å². The molecule has 0 atom stereocenters. The summed E-state index contributed by atoms with van der Waals surface area (Å²) in [5, 5.41) is 21.6. The number of benzene rings is 18. The molecule has 516 valence electrons. The van der Waals surface area contributed by atoms with Gasteiger partial charge in [-0.15, -0.1) is 0 Å². The highest BCUT2D eigenvalue weighted by Gasteiger charge is 2.21. The molecule has 24 rings (SSSR count). The van der Waals surface area contributed by atoms with Crippen LogP contribution < -0.4 is 0 Å². The van der Waals surface area contributed by atoms with Crippen molar-refractivity contribution in [3.05, 3.63) is 383 Å². The van der Waals surface area contributed by atoms with E-state index in [9.17, 15) is 0 Å². The summed E-state index contributed by atoms with van der Waals surface area (Å²) in [5.74, 6) is 0. The maximum absolute atomic E-state index is 5.28. The Balaban J connectivity index is 0.000000102. The molecule has 18 aromatic carbocycles. The van der Waals surface area contributed by atoms with Gasteiger partial charge in [0.2, 0.25) is 0 Å². The van der Waals surface area contributed by atoms with E-state index in [4.69, 9.17) is 29.9 Å². The Kier molecular flexibility index (Phi) is 14.7. The molecule has 9 nitrogen and oxygen atoms in total. The van der Waals surface area contributed by atoms with Crippen molar-refractivity contribution in [1.82, 2.24) is 43.6 Å². The molecule has 111 heavy (non-hydrogen) atoms. The lowest BCUT2D eigenvalue weighted by Gasteiger charge is -2.14. The molecule has 0 aliphatic heterocycles. The summed E-state index contributed by atoms with van der Waals surface area (Å²) < 4.78 is 7.02. The highest BCUT2D eigenvalue weighted by Crippen LogP contribution is 2.42. The number of hydrogen-bond donors (Lipinski definition) is 0. The average molecular weight is 1410 g/mol. The van der Waals surface area contributed by atoms with E-state index in [1.807, 2.05) is 18.6 Å². The summed E-state index contributed by atoms with van der Waals surface area (Å²) in [6, 6.07) is 128. The Labute approximate surface area is 636 Å². The zero-order chi connectivity index (χ0) is 73.0. The molecule has 0 fully saturated rings. The highest BCUT2D eigenvalue weighted by atomic mass is 15.0. The molecule has 0 spiro atoms. The molecule has 6 heterocycles. The van der Waals surface area contributed by atoms with Gasteiger partial charge in [-0.2, -0.15) is 0 Å². The Bertz CT molecular complexity index is 7660. The minimum Gasteiger partial charge on any atom is -0.309 e. The number of hydrogen-bond acceptors (Lipinski definition) is 6. The quantitative estimate of drug-likeness (QED) is 0.154. The third-order valence-electron chi connectivity index (χ3n) is 22.3. The Morgan fingerprint density at radius 2 is 0.441 bits per heavy atom. The van der Waals surface area contributed by atoms with E-state index in [0.717, 1.165) is 116 Å². The van der Waals surface area contributed by atoms with Gasteiger partial charge in [-0.3, -0.25) is 15.0 Å². The number of fused-ring (bicyclic) bond motifs is 27. The van der Waals surface area contributed by atoms with Gasteiger partial charge in [0.15, 0.2) is 0 Å². The van der Waals surface area contributed by atoms with Crippen molar-refractivity contribution in [2.75, 3.05) is 0 Å². The summed E-state index contributed by atoms with van der Waals surface area (Å²) in [5.41, 5.74) is 21.9. The van der Waals surface area contributed by atoms with Crippen LogP contribution in [-0.2, 0) is 0 Å². The van der Waals surface area contributed by atoms with E-state index < -0.39 is 0 Å². The second kappa shape index (κ2) is 25.9. The number of rotatable bonds is 6. The zero-order valence-corrected chi connectivity index (χ0v) is 59.9. The smallest absolute Gasteiger partial charge is 0.0979 e. The third-order valence-corrected chi connectivity index (χ3v) is 22.3. The van der Waals surface area contributed by atoms with Crippen LogP contribution in [-0.4, -0.2) is 43.6 Å². The Hall–Kier alpha value is -15.1. The van der Waals surface area contributed by atoms with E-state index in [-0.39, 0.29) is 0 Å². The SMILES string of the molecule is c1cc(-c2cnc3c4ccccc4c4ccccc4c3n2)cc(-n2c3ccccc3c3ccccc32)c1.c1ccc(-n2c3ccccc3c3ccccc32)c(-c2cnc3c4ccccc4c4ccccc4c3n2)c1.c1ccc2c(c1)c1ccccc1c1nc(-c3ccc(-n4c5ccccc5c5ccccc54)cc3)cnc21. The van der Waals surface area contributed by atoms with Crippen LogP contribution in [0.5, 0.6) is 0 Å². The predicted octanol–water partition coefficient (Wildman–Crippen LogP) is 26.1. The Morgan fingerprint density at radius 1 is 0.171 bits per heavy atom. The fourth-order valence-corrected chi connectivity index (χ4v) is 17.3. The van der Waals surface area contributed by atoms with Gasteiger partial charge in [0, 0.05) is 92.7 Å². The van der Waals surface area contributed by atoms with Crippen molar-refractivity contribution in [2.24, 2.45) is 0 Å². The van der Waals surface area contributed by atoms with E-state index in [0.29, 0.717) is 0 Å². The normalized spacial score (nSPS) is 11.8. The summed E-state index contributed by atoms with van der Waals surface area (Å²) in [4.78, 5) is 30.5. The van der Waals surface area contributed by atoms with E-state index in [1.54, 1.807) is 0 Å². The van der Waals surface area contributed by atoms with Crippen LogP contribution in [0.15, 0.2) is 383 Å². The lowest BCUT2D eigenvalue weighted by atomic mass is 9.99. The van der Waals surface area contributed by atoms with E-state index in [2.05, 4.69) is 378 Å². The zero-order valence-electron chi connectivity index (χ0n) is 59.9. The number of aromatic nitrogens is 9. The van der Waals surface area contributed by atoms with Crippen molar-refractivity contribution in [3.63, 3.8) is 0 Å². The minimum atomic E-state index is 0.866. The molecule has 6 aromatic heterocycles. The van der Waals surface area contributed by atoms with Crippen molar-refractivity contribution in [2.45, 2.75) is 0 Å². The van der Waals surface area contributed by atoms with Gasteiger partial charge in [0.25, 0.3) is 0 Å². The minimum absolute atomic E-state index is 0.866. The summed E-state index contributed by atoms with van der Waals surface area (Å²) in [6.45, 7) is 0. The monoisotopic (exact) mass is 1410 g/mol. The summed E-state index contributed by atoms with van der Waals surface area (Å²) in [6.07, 6.45) is 5.74. The number of nitrogens with zero attached hydrogens (tertiary/aromatic N) is 9. The van der Waals surface area contributed by atoms with Crippen molar-refractivity contribution in [3.8, 4) is 50.8 Å². The molecule has 0 amide bonds. The van der Waals surface area contributed by atoms with Crippen molar-refractivity contribution < 1.29 is 0 Å². The molecular weight excluding hydrogens is 1350 g/mol. The molecule has 24 aromatic rings. The predicted molar refractivity (Wildman–Crippen MR) is 463 cm³/mol. The lowest BCUT2D eigenvalue weighted by Crippen LogP contribution is -1.99. The Morgan fingerprint density at radius 3 is 0.811 bits per heavy atom. The fourth-order valence-electron chi connectivity index (χ4n) is 17.3. The van der Waals surface area contributed by atoms with Crippen LogP contribution in [0.1, 0.15) is 0 Å². The van der Waals surface area contributed by atoms with Gasteiger partial charge in [0.05, 0.1) is 108 Å². The molecule has 0 saturated carbocycles. The van der Waals surface area contributed by atoms with Crippen LogP contribution in [0.3, 0.4) is 0 Å². The lowest BCUT2D eigenvalue weighted by molar-refractivity contribution is 1.17. The molecule has 0 N–H and O–H groups in total. The molecule has 0 saturated heterocycles. The third kappa shape index (κ3) is 10.2. The molecule has 0 radical (unpaired) electrons. The molecule has 0 aliphatic rings. The molecule has 0 unspecified atom stereocenters. The van der Waals surface area contributed by atoms with Crippen LogP contribution in [0, 0.1) is 0 Å². The topological polar surface area (TPSA) is 92.1 Å². The van der Waals surface area contributed by atoms with Crippen LogP contribution in [0.2, 0.25) is 0 Å². The van der Waals surface area contributed by atoms with Gasteiger partial charge in [0.1, 0.15) is 0 Å².